The van der Waals surface area contributed by atoms with Crippen molar-refractivity contribution < 1.29 is 14.9 Å². The van der Waals surface area contributed by atoms with Gasteiger partial charge in [0.15, 0.2) is 0 Å². The summed E-state index contributed by atoms with van der Waals surface area (Å²) in [5.74, 6) is 1.02. The van der Waals surface area contributed by atoms with Crippen molar-refractivity contribution in [2.45, 2.75) is 38.3 Å². The monoisotopic (exact) mass is 341 g/mol. The van der Waals surface area contributed by atoms with Crippen molar-refractivity contribution in [1.29, 1.82) is 0 Å². The van der Waals surface area contributed by atoms with Crippen LogP contribution < -0.4 is 4.74 Å². The Morgan fingerprint density at radius 2 is 1.68 bits per heavy atom. The molecule has 0 saturated carbocycles. The quantitative estimate of drug-likeness (QED) is 0.842. The molecule has 1 unspecified atom stereocenters. The second-order valence-corrected chi connectivity index (χ2v) is 6.82. The van der Waals surface area contributed by atoms with Crippen LogP contribution in [0.15, 0.2) is 48.5 Å². The maximum Gasteiger partial charge on any atom is 0.119 e. The van der Waals surface area contributed by atoms with E-state index in [-0.39, 0.29) is 11.9 Å². The van der Waals surface area contributed by atoms with Crippen LogP contribution in [0.5, 0.6) is 11.5 Å². The number of nitrogens with zero attached hydrogens (tertiary/aromatic N) is 1. The summed E-state index contributed by atoms with van der Waals surface area (Å²) in [4.78, 5) is 2.46. The molecule has 1 aliphatic rings. The zero-order chi connectivity index (χ0) is 17.6. The van der Waals surface area contributed by atoms with Crippen molar-refractivity contribution in [2.24, 2.45) is 0 Å². The fraction of sp³-hybridized carbons (Fsp3) is 0.429. The molecule has 0 aromatic heterocycles. The van der Waals surface area contributed by atoms with Gasteiger partial charge in [-0.05, 0) is 49.6 Å². The summed E-state index contributed by atoms with van der Waals surface area (Å²) in [6.45, 7) is 4.55. The molecule has 1 fully saturated rings. The van der Waals surface area contributed by atoms with Gasteiger partial charge in [0, 0.05) is 25.6 Å². The minimum Gasteiger partial charge on any atom is -0.508 e. The fourth-order valence-electron chi connectivity index (χ4n) is 3.38. The second kappa shape index (κ2) is 8.37. The van der Waals surface area contributed by atoms with Crippen LogP contribution in [0, 0.1) is 6.92 Å². The van der Waals surface area contributed by atoms with Gasteiger partial charge < -0.3 is 14.9 Å². The molecule has 2 aromatic rings. The van der Waals surface area contributed by atoms with E-state index in [4.69, 9.17) is 4.74 Å². The fourth-order valence-corrected chi connectivity index (χ4v) is 3.38. The summed E-state index contributed by atoms with van der Waals surface area (Å²) in [6, 6.07) is 15.9. The number of aliphatic hydroxyl groups excluding tert-OH is 1. The van der Waals surface area contributed by atoms with Crippen molar-refractivity contribution in [3.63, 3.8) is 0 Å². The Labute approximate surface area is 149 Å². The highest BCUT2D eigenvalue weighted by atomic mass is 16.5. The Bertz CT molecular complexity index is 646. The predicted molar refractivity (Wildman–Crippen MR) is 99.0 cm³/mol. The van der Waals surface area contributed by atoms with Crippen molar-refractivity contribution in [3.8, 4) is 11.5 Å². The third-order valence-corrected chi connectivity index (χ3v) is 4.90. The van der Waals surface area contributed by atoms with E-state index in [1.54, 1.807) is 24.3 Å². The average Bonchev–Trinajstić information content (AvgIpc) is 2.62. The Morgan fingerprint density at radius 3 is 2.32 bits per heavy atom. The summed E-state index contributed by atoms with van der Waals surface area (Å²) >= 11 is 0. The summed E-state index contributed by atoms with van der Waals surface area (Å²) < 4.78 is 5.86. The van der Waals surface area contributed by atoms with Crippen LogP contribution in [0.2, 0.25) is 0 Å². The van der Waals surface area contributed by atoms with Gasteiger partial charge in [0.1, 0.15) is 11.5 Å². The molecule has 2 aromatic carbocycles. The van der Waals surface area contributed by atoms with E-state index in [0.717, 1.165) is 38.1 Å². The SMILES string of the molecule is Cc1ccc(C(CCOc2ccc(O)cc2)N2CCC(O)CC2)cc1. The smallest absolute Gasteiger partial charge is 0.119 e. The van der Waals surface area contributed by atoms with Gasteiger partial charge in [-0.1, -0.05) is 29.8 Å². The lowest BCUT2D eigenvalue weighted by molar-refractivity contribution is 0.0541. The Hall–Kier alpha value is -2.04. The summed E-state index contributed by atoms with van der Waals surface area (Å²) in [5, 5.41) is 19.1. The number of aliphatic hydroxyl groups is 1. The number of likely N-dealkylation sites (tertiary alicyclic amines) is 1. The largest absolute Gasteiger partial charge is 0.508 e. The van der Waals surface area contributed by atoms with Gasteiger partial charge in [-0.3, -0.25) is 4.90 Å². The van der Waals surface area contributed by atoms with Gasteiger partial charge >= 0.3 is 0 Å². The molecule has 4 nitrogen and oxygen atoms in total. The van der Waals surface area contributed by atoms with Crippen LogP contribution in [0.4, 0.5) is 0 Å². The Balaban J connectivity index is 1.65. The maximum absolute atomic E-state index is 9.79. The first kappa shape index (κ1) is 17.8. The average molecular weight is 341 g/mol. The third kappa shape index (κ3) is 4.97. The molecule has 0 bridgehead atoms. The lowest BCUT2D eigenvalue weighted by atomic mass is 9.97. The zero-order valence-electron chi connectivity index (χ0n) is 14.8. The molecule has 0 spiro atoms. The number of rotatable bonds is 6. The van der Waals surface area contributed by atoms with Crippen LogP contribution in [0.1, 0.15) is 36.4 Å². The highest BCUT2D eigenvalue weighted by Crippen LogP contribution is 2.28. The van der Waals surface area contributed by atoms with E-state index < -0.39 is 0 Å². The molecule has 25 heavy (non-hydrogen) atoms. The van der Waals surface area contributed by atoms with Gasteiger partial charge in [0.05, 0.1) is 12.7 Å². The summed E-state index contributed by atoms with van der Waals surface area (Å²) in [7, 11) is 0. The molecule has 0 amide bonds. The molecular formula is C21H27NO3. The molecule has 1 atom stereocenters. The van der Waals surface area contributed by atoms with Gasteiger partial charge in [-0.15, -0.1) is 0 Å². The molecule has 1 saturated heterocycles. The first-order valence-corrected chi connectivity index (χ1v) is 9.02. The standard InChI is InChI=1S/C21H27NO3/c1-16-2-4-17(5-3-16)21(22-13-10-19(24)11-14-22)12-15-25-20-8-6-18(23)7-9-20/h2-9,19,21,23-24H,10-15H2,1H3. The predicted octanol–water partition coefficient (Wildman–Crippen LogP) is 3.67. The van der Waals surface area contributed by atoms with E-state index in [1.807, 2.05) is 0 Å². The lowest BCUT2D eigenvalue weighted by Gasteiger charge is -2.36. The number of phenols is 1. The molecule has 0 aliphatic carbocycles. The summed E-state index contributed by atoms with van der Waals surface area (Å²) in [6.07, 6.45) is 2.39. The topological polar surface area (TPSA) is 52.9 Å². The third-order valence-electron chi connectivity index (χ3n) is 4.90. The number of hydrogen-bond donors (Lipinski definition) is 2. The van der Waals surface area contributed by atoms with Crippen LogP contribution >= 0.6 is 0 Å². The molecule has 3 rings (SSSR count). The summed E-state index contributed by atoms with van der Waals surface area (Å²) in [5.41, 5.74) is 2.56. The first-order valence-electron chi connectivity index (χ1n) is 9.02. The normalized spacial score (nSPS) is 17.4. The van der Waals surface area contributed by atoms with Gasteiger partial charge in [-0.2, -0.15) is 0 Å². The minimum atomic E-state index is -0.164. The maximum atomic E-state index is 9.79. The zero-order valence-corrected chi connectivity index (χ0v) is 14.8. The minimum absolute atomic E-state index is 0.164. The van der Waals surface area contributed by atoms with Crippen LogP contribution in [0.3, 0.4) is 0 Å². The number of benzene rings is 2. The van der Waals surface area contributed by atoms with Crippen LogP contribution in [-0.2, 0) is 0 Å². The number of ether oxygens (including phenoxy) is 1. The van der Waals surface area contributed by atoms with E-state index in [1.165, 1.54) is 11.1 Å². The molecule has 1 aliphatic heterocycles. The van der Waals surface area contributed by atoms with Crippen molar-refractivity contribution >= 4 is 0 Å². The molecule has 0 radical (unpaired) electrons. The number of piperidine rings is 1. The van der Waals surface area contributed by atoms with Crippen molar-refractivity contribution in [1.82, 2.24) is 4.90 Å². The van der Waals surface area contributed by atoms with E-state index in [0.29, 0.717) is 12.6 Å². The van der Waals surface area contributed by atoms with Gasteiger partial charge in [-0.25, -0.2) is 0 Å². The Morgan fingerprint density at radius 1 is 1.04 bits per heavy atom. The van der Waals surface area contributed by atoms with Gasteiger partial charge in [0.25, 0.3) is 0 Å². The van der Waals surface area contributed by atoms with E-state index >= 15 is 0 Å². The highest BCUT2D eigenvalue weighted by Gasteiger charge is 2.25. The van der Waals surface area contributed by atoms with Crippen molar-refractivity contribution in [2.75, 3.05) is 19.7 Å². The number of hydrogen-bond acceptors (Lipinski definition) is 4. The molecule has 1 heterocycles. The highest BCUT2D eigenvalue weighted by molar-refractivity contribution is 5.30. The Kier molecular flexibility index (Phi) is 5.95. The lowest BCUT2D eigenvalue weighted by Crippen LogP contribution is -2.39. The number of aromatic hydroxyl groups is 1. The van der Waals surface area contributed by atoms with Crippen LogP contribution in [-0.4, -0.2) is 40.9 Å². The van der Waals surface area contributed by atoms with Crippen LogP contribution in [0.25, 0.3) is 0 Å². The number of aryl methyl sites for hydroxylation is 1. The molecular weight excluding hydrogens is 314 g/mol. The first-order chi connectivity index (χ1) is 12.1. The van der Waals surface area contributed by atoms with E-state index in [2.05, 4.69) is 36.1 Å². The van der Waals surface area contributed by atoms with E-state index in [9.17, 15) is 10.2 Å². The van der Waals surface area contributed by atoms with Crippen molar-refractivity contribution in [3.05, 3.63) is 59.7 Å². The molecule has 2 N–H and O–H groups in total. The number of phenolic OH excluding ortho intramolecular Hbond substituents is 1. The molecule has 4 heteroatoms. The second-order valence-electron chi connectivity index (χ2n) is 6.82. The molecule has 134 valence electrons. The van der Waals surface area contributed by atoms with Gasteiger partial charge in [0.2, 0.25) is 0 Å².